The first-order chi connectivity index (χ1) is 8.20. The molecule has 2 rings (SSSR count). The normalized spacial score (nSPS) is 22.3. The second-order valence-corrected chi connectivity index (χ2v) is 4.79. The minimum absolute atomic E-state index is 0.516. The van der Waals surface area contributed by atoms with Crippen LogP contribution in [0.4, 0.5) is 11.6 Å². The summed E-state index contributed by atoms with van der Waals surface area (Å²) in [4.78, 5) is 9.43. The lowest BCUT2D eigenvalue weighted by Crippen LogP contribution is -2.38. The van der Waals surface area contributed by atoms with Crippen molar-refractivity contribution in [3.05, 3.63) is 18.2 Å². The van der Waals surface area contributed by atoms with Gasteiger partial charge in [-0.3, -0.25) is 0 Å². The quantitative estimate of drug-likeness (QED) is 0.843. The molecule has 0 bridgehead atoms. The molecule has 2 heterocycles. The number of aromatic nitrogens is 1. The molecule has 0 aromatic carbocycles. The van der Waals surface area contributed by atoms with Gasteiger partial charge >= 0.3 is 0 Å². The lowest BCUT2D eigenvalue weighted by molar-refractivity contribution is 0.337. The molecule has 17 heavy (non-hydrogen) atoms. The second-order valence-electron chi connectivity index (χ2n) is 4.79. The molecule has 4 heteroatoms. The number of nitrogens with one attached hydrogen (secondary N) is 1. The largest absolute Gasteiger partial charge is 0.373 e. The van der Waals surface area contributed by atoms with Crippen LogP contribution in [-0.4, -0.2) is 49.7 Å². The molecule has 0 aliphatic carbocycles. The molecule has 1 fully saturated rings. The van der Waals surface area contributed by atoms with Crippen LogP contribution in [0.25, 0.3) is 0 Å². The molecule has 1 N–H and O–H groups in total. The molecule has 0 saturated carbocycles. The van der Waals surface area contributed by atoms with Crippen molar-refractivity contribution in [3.8, 4) is 0 Å². The Bertz CT molecular complexity index is 366. The van der Waals surface area contributed by atoms with Crippen molar-refractivity contribution in [3.63, 3.8) is 0 Å². The smallest absolute Gasteiger partial charge is 0.131 e. The van der Waals surface area contributed by atoms with Gasteiger partial charge in [-0.2, -0.15) is 0 Å². The number of pyridine rings is 1. The molecular formula is C13H22N4. The average molecular weight is 234 g/mol. The molecule has 94 valence electrons. The lowest BCUT2D eigenvalue weighted by atomic mass is 10.2. The molecular weight excluding hydrogens is 212 g/mol. The van der Waals surface area contributed by atoms with E-state index in [-0.39, 0.29) is 0 Å². The maximum atomic E-state index is 4.63. The van der Waals surface area contributed by atoms with E-state index in [0.717, 1.165) is 24.7 Å². The van der Waals surface area contributed by atoms with Crippen LogP contribution in [0.5, 0.6) is 0 Å². The van der Waals surface area contributed by atoms with E-state index in [9.17, 15) is 0 Å². The van der Waals surface area contributed by atoms with Crippen molar-refractivity contribution in [1.29, 1.82) is 0 Å². The van der Waals surface area contributed by atoms with Gasteiger partial charge in [0.1, 0.15) is 11.6 Å². The van der Waals surface area contributed by atoms with Crippen LogP contribution in [0, 0.1) is 0 Å². The van der Waals surface area contributed by atoms with E-state index in [0.29, 0.717) is 6.04 Å². The highest BCUT2D eigenvalue weighted by Gasteiger charge is 2.20. The summed E-state index contributed by atoms with van der Waals surface area (Å²) in [5.74, 6) is 2.02. The first kappa shape index (κ1) is 12.2. The maximum Gasteiger partial charge on any atom is 0.131 e. The highest BCUT2D eigenvalue weighted by atomic mass is 15.3. The summed E-state index contributed by atoms with van der Waals surface area (Å²) >= 11 is 0. The molecule has 1 aromatic heterocycles. The van der Waals surface area contributed by atoms with Crippen LogP contribution in [-0.2, 0) is 0 Å². The van der Waals surface area contributed by atoms with Gasteiger partial charge in [0.2, 0.25) is 0 Å². The fourth-order valence-corrected chi connectivity index (χ4v) is 2.44. The zero-order chi connectivity index (χ0) is 12.3. The van der Waals surface area contributed by atoms with Crippen LogP contribution in [0.2, 0.25) is 0 Å². The third-order valence-electron chi connectivity index (χ3n) is 3.33. The van der Waals surface area contributed by atoms with Crippen LogP contribution in [0.1, 0.15) is 13.3 Å². The standard InChI is InChI=1S/C13H22N4/c1-11-10-16(3)8-5-9-17(11)13-7-4-6-12(14-2)15-13/h4,6-7,11H,5,8-10H2,1-3H3,(H,14,15). The Morgan fingerprint density at radius 1 is 1.35 bits per heavy atom. The summed E-state index contributed by atoms with van der Waals surface area (Å²) in [7, 11) is 4.10. The van der Waals surface area contributed by atoms with Crippen molar-refractivity contribution in [2.45, 2.75) is 19.4 Å². The van der Waals surface area contributed by atoms with Gasteiger partial charge in [0.25, 0.3) is 0 Å². The zero-order valence-corrected chi connectivity index (χ0v) is 11.0. The van der Waals surface area contributed by atoms with Crippen LogP contribution in [0.15, 0.2) is 18.2 Å². The van der Waals surface area contributed by atoms with Gasteiger partial charge in [0.05, 0.1) is 0 Å². The number of likely N-dealkylation sites (N-methyl/N-ethyl adjacent to an activating group) is 1. The summed E-state index contributed by atoms with van der Waals surface area (Å²) in [5, 5.41) is 3.10. The van der Waals surface area contributed by atoms with Crippen molar-refractivity contribution < 1.29 is 0 Å². The Hall–Kier alpha value is -1.29. The first-order valence-corrected chi connectivity index (χ1v) is 6.30. The van der Waals surface area contributed by atoms with Gasteiger partial charge < -0.3 is 15.1 Å². The van der Waals surface area contributed by atoms with Gasteiger partial charge in [-0.1, -0.05) is 6.07 Å². The fraction of sp³-hybridized carbons (Fsp3) is 0.615. The average Bonchev–Trinajstić information content (AvgIpc) is 2.50. The van der Waals surface area contributed by atoms with E-state index in [2.05, 4.69) is 46.2 Å². The van der Waals surface area contributed by atoms with E-state index < -0.39 is 0 Å². The third kappa shape index (κ3) is 2.88. The van der Waals surface area contributed by atoms with E-state index in [1.807, 2.05) is 13.1 Å². The Morgan fingerprint density at radius 3 is 2.94 bits per heavy atom. The Balaban J connectivity index is 2.19. The van der Waals surface area contributed by atoms with Crippen molar-refractivity contribution in [2.24, 2.45) is 0 Å². The monoisotopic (exact) mass is 234 g/mol. The molecule has 1 saturated heterocycles. The van der Waals surface area contributed by atoms with Crippen molar-refractivity contribution in [2.75, 3.05) is 43.9 Å². The van der Waals surface area contributed by atoms with E-state index >= 15 is 0 Å². The fourth-order valence-electron chi connectivity index (χ4n) is 2.44. The minimum atomic E-state index is 0.516. The molecule has 1 atom stereocenters. The number of hydrogen-bond donors (Lipinski definition) is 1. The number of anilines is 2. The first-order valence-electron chi connectivity index (χ1n) is 6.30. The highest BCUT2D eigenvalue weighted by Crippen LogP contribution is 2.19. The van der Waals surface area contributed by atoms with Gasteiger partial charge in [-0.25, -0.2) is 4.98 Å². The van der Waals surface area contributed by atoms with Crippen molar-refractivity contribution >= 4 is 11.6 Å². The molecule has 0 radical (unpaired) electrons. The second kappa shape index (κ2) is 5.36. The Labute approximate surface area is 104 Å². The van der Waals surface area contributed by atoms with Crippen LogP contribution < -0.4 is 10.2 Å². The van der Waals surface area contributed by atoms with Crippen LogP contribution in [0.3, 0.4) is 0 Å². The summed E-state index contributed by atoms with van der Waals surface area (Å²) < 4.78 is 0. The zero-order valence-electron chi connectivity index (χ0n) is 11.0. The van der Waals surface area contributed by atoms with Gasteiger partial charge in [-0.15, -0.1) is 0 Å². The number of hydrogen-bond acceptors (Lipinski definition) is 4. The summed E-state index contributed by atoms with van der Waals surface area (Å²) in [6.07, 6.45) is 1.20. The van der Waals surface area contributed by atoms with Crippen molar-refractivity contribution in [1.82, 2.24) is 9.88 Å². The molecule has 0 spiro atoms. The predicted octanol–water partition coefficient (Wildman–Crippen LogP) is 1.65. The van der Waals surface area contributed by atoms with Crippen LogP contribution >= 0.6 is 0 Å². The minimum Gasteiger partial charge on any atom is -0.373 e. The summed E-state index contributed by atoms with van der Waals surface area (Å²) in [6, 6.07) is 6.68. The Kier molecular flexibility index (Phi) is 3.84. The maximum absolute atomic E-state index is 4.63. The SMILES string of the molecule is CNc1cccc(N2CCCN(C)CC2C)n1. The molecule has 1 aliphatic rings. The van der Waals surface area contributed by atoms with E-state index in [4.69, 9.17) is 0 Å². The van der Waals surface area contributed by atoms with E-state index in [1.165, 1.54) is 13.0 Å². The molecule has 1 aromatic rings. The Morgan fingerprint density at radius 2 is 2.18 bits per heavy atom. The molecule has 1 unspecified atom stereocenters. The highest BCUT2D eigenvalue weighted by molar-refractivity contribution is 5.47. The summed E-state index contributed by atoms with van der Waals surface area (Å²) in [5.41, 5.74) is 0. The third-order valence-corrected chi connectivity index (χ3v) is 3.33. The van der Waals surface area contributed by atoms with Gasteiger partial charge in [-0.05, 0) is 39.1 Å². The number of rotatable bonds is 2. The summed E-state index contributed by atoms with van der Waals surface area (Å²) in [6.45, 7) is 5.64. The lowest BCUT2D eigenvalue weighted by Gasteiger charge is -2.29. The van der Waals surface area contributed by atoms with Gasteiger partial charge in [0, 0.05) is 26.2 Å². The van der Waals surface area contributed by atoms with Gasteiger partial charge in [0.15, 0.2) is 0 Å². The topological polar surface area (TPSA) is 31.4 Å². The molecule has 0 amide bonds. The number of nitrogens with zero attached hydrogens (tertiary/aromatic N) is 3. The molecule has 4 nitrogen and oxygen atoms in total. The predicted molar refractivity (Wildman–Crippen MR) is 72.7 cm³/mol. The molecule has 1 aliphatic heterocycles. The van der Waals surface area contributed by atoms with E-state index in [1.54, 1.807) is 0 Å².